The van der Waals surface area contributed by atoms with Crippen LogP contribution in [0.15, 0.2) is 28.8 Å². The van der Waals surface area contributed by atoms with E-state index < -0.39 is 5.60 Å². The lowest BCUT2D eigenvalue weighted by Gasteiger charge is -2.36. The number of nitrogens with one attached hydrogen (secondary N) is 2. The molecule has 7 heteroatoms. The fourth-order valence-electron chi connectivity index (χ4n) is 2.46. The van der Waals surface area contributed by atoms with Crippen molar-refractivity contribution in [2.75, 3.05) is 11.9 Å². The van der Waals surface area contributed by atoms with Crippen LogP contribution in [0.3, 0.4) is 0 Å². The van der Waals surface area contributed by atoms with Crippen molar-refractivity contribution in [2.45, 2.75) is 44.6 Å². The van der Waals surface area contributed by atoms with Crippen molar-refractivity contribution in [2.24, 2.45) is 0 Å². The summed E-state index contributed by atoms with van der Waals surface area (Å²) in [5.41, 5.74) is 0.720. The highest BCUT2D eigenvalue weighted by Gasteiger charge is 2.34. The van der Waals surface area contributed by atoms with E-state index in [-0.39, 0.29) is 18.5 Å². The van der Waals surface area contributed by atoms with Crippen molar-refractivity contribution in [1.29, 1.82) is 0 Å². The zero-order valence-corrected chi connectivity index (χ0v) is 13.9. The Balaban J connectivity index is 1.56. The van der Waals surface area contributed by atoms with Crippen molar-refractivity contribution in [3.63, 3.8) is 0 Å². The van der Waals surface area contributed by atoms with Crippen LogP contribution in [0.4, 0.5) is 10.5 Å². The molecule has 1 aliphatic carbocycles. The molecule has 2 amide bonds. The smallest absolute Gasteiger partial charge is 0.319 e. The second kappa shape index (κ2) is 6.60. The van der Waals surface area contributed by atoms with E-state index in [1.54, 1.807) is 12.1 Å². The minimum atomic E-state index is -0.729. The predicted molar refractivity (Wildman–Crippen MR) is 89.6 cm³/mol. The minimum Gasteiger partial charge on any atom is -0.388 e. The number of nitrogens with zero attached hydrogens (tertiary/aromatic N) is 2. The fraction of sp³-hybridized carbons (Fsp3) is 0.471. The maximum atomic E-state index is 11.9. The first kappa shape index (κ1) is 16.4. The molecule has 1 aliphatic rings. The second-order valence-corrected chi connectivity index (χ2v) is 6.58. The Labute approximate surface area is 140 Å². The van der Waals surface area contributed by atoms with Crippen molar-refractivity contribution in [3.05, 3.63) is 30.1 Å². The molecular formula is C17H22N4O3. The van der Waals surface area contributed by atoms with Crippen LogP contribution in [0.1, 0.15) is 44.9 Å². The van der Waals surface area contributed by atoms with E-state index >= 15 is 0 Å². The Morgan fingerprint density at radius 1 is 1.33 bits per heavy atom. The Kier molecular flexibility index (Phi) is 4.53. The van der Waals surface area contributed by atoms with Crippen LogP contribution < -0.4 is 10.6 Å². The van der Waals surface area contributed by atoms with Crippen molar-refractivity contribution >= 4 is 11.7 Å². The van der Waals surface area contributed by atoms with Crippen molar-refractivity contribution in [1.82, 2.24) is 15.5 Å². The van der Waals surface area contributed by atoms with E-state index in [2.05, 4.69) is 20.8 Å². The number of amides is 2. The standard InChI is InChI=1S/C17H22N4O3/c1-11(2)14-20-15(24-21-14)12-4-6-13(7-5-12)19-16(22)18-10-17(23)8-3-9-17/h4-7,11,23H,3,8-10H2,1-2H3,(H2,18,19,22). The van der Waals surface area contributed by atoms with Crippen LogP contribution in [-0.2, 0) is 0 Å². The number of benzene rings is 1. The zero-order chi connectivity index (χ0) is 17.2. The number of hydrogen-bond acceptors (Lipinski definition) is 5. The summed E-state index contributed by atoms with van der Waals surface area (Å²) in [4.78, 5) is 16.2. The normalized spacial score (nSPS) is 15.8. The third-order valence-electron chi connectivity index (χ3n) is 4.21. The maximum Gasteiger partial charge on any atom is 0.319 e. The highest BCUT2D eigenvalue weighted by Crippen LogP contribution is 2.30. The molecule has 2 aromatic rings. The molecule has 1 fully saturated rings. The molecule has 1 aromatic carbocycles. The predicted octanol–water partition coefficient (Wildman–Crippen LogP) is 2.90. The average molecular weight is 330 g/mol. The number of anilines is 1. The van der Waals surface area contributed by atoms with Crippen molar-refractivity contribution < 1.29 is 14.4 Å². The molecule has 3 N–H and O–H groups in total. The molecule has 0 radical (unpaired) electrons. The fourth-order valence-corrected chi connectivity index (χ4v) is 2.46. The van der Waals surface area contributed by atoms with Gasteiger partial charge in [0.15, 0.2) is 5.82 Å². The molecule has 24 heavy (non-hydrogen) atoms. The molecule has 1 aromatic heterocycles. The van der Waals surface area contributed by atoms with Gasteiger partial charge in [-0.15, -0.1) is 0 Å². The molecule has 0 spiro atoms. The topological polar surface area (TPSA) is 100 Å². The molecule has 128 valence electrons. The Morgan fingerprint density at radius 3 is 2.58 bits per heavy atom. The molecule has 0 bridgehead atoms. The molecule has 0 unspecified atom stereocenters. The van der Waals surface area contributed by atoms with Gasteiger partial charge in [-0.1, -0.05) is 19.0 Å². The summed E-state index contributed by atoms with van der Waals surface area (Å²) in [7, 11) is 0. The van der Waals surface area contributed by atoms with Crippen molar-refractivity contribution in [3.8, 4) is 11.5 Å². The summed E-state index contributed by atoms with van der Waals surface area (Å²) in [5.74, 6) is 1.33. The summed E-state index contributed by atoms with van der Waals surface area (Å²) in [5, 5.41) is 19.3. The molecule has 0 saturated heterocycles. The molecule has 0 atom stereocenters. The first-order chi connectivity index (χ1) is 11.5. The number of urea groups is 1. The van der Waals surface area contributed by atoms with Gasteiger partial charge in [0.25, 0.3) is 5.89 Å². The number of rotatable bonds is 5. The lowest BCUT2D eigenvalue weighted by molar-refractivity contribution is -0.0287. The van der Waals surface area contributed by atoms with Gasteiger partial charge in [-0.25, -0.2) is 4.79 Å². The third-order valence-corrected chi connectivity index (χ3v) is 4.21. The van der Waals surface area contributed by atoms with Crippen LogP contribution in [0.25, 0.3) is 11.5 Å². The Hall–Kier alpha value is -2.41. The third kappa shape index (κ3) is 3.73. The van der Waals surface area contributed by atoms with E-state index in [4.69, 9.17) is 4.52 Å². The van der Waals surface area contributed by atoms with Gasteiger partial charge < -0.3 is 20.3 Å². The summed E-state index contributed by atoms with van der Waals surface area (Å²) in [6, 6.07) is 6.83. The van der Waals surface area contributed by atoms with E-state index in [1.165, 1.54) is 0 Å². The van der Waals surface area contributed by atoms with E-state index in [0.717, 1.165) is 24.8 Å². The number of aliphatic hydroxyl groups is 1. The quantitative estimate of drug-likeness (QED) is 0.782. The molecular weight excluding hydrogens is 308 g/mol. The molecule has 0 aliphatic heterocycles. The van der Waals surface area contributed by atoms with Gasteiger partial charge in [-0.05, 0) is 43.5 Å². The number of aromatic nitrogens is 2. The van der Waals surface area contributed by atoms with Gasteiger partial charge in [0.1, 0.15) is 0 Å². The van der Waals surface area contributed by atoms with Crippen LogP contribution in [0, 0.1) is 0 Å². The highest BCUT2D eigenvalue weighted by molar-refractivity contribution is 5.89. The maximum absolute atomic E-state index is 11.9. The summed E-state index contributed by atoms with van der Waals surface area (Å²) in [6.07, 6.45) is 2.49. The van der Waals surface area contributed by atoms with Crippen LogP contribution in [0.5, 0.6) is 0 Å². The first-order valence-corrected chi connectivity index (χ1v) is 8.16. The highest BCUT2D eigenvalue weighted by atomic mass is 16.5. The van der Waals surface area contributed by atoms with E-state index in [9.17, 15) is 9.90 Å². The van der Waals surface area contributed by atoms with Crippen LogP contribution in [-0.4, -0.2) is 33.4 Å². The molecule has 1 heterocycles. The largest absolute Gasteiger partial charge is 0.388 e. The van der Waals surface area contributed by atoms with Crippen LogP contribution in [0.2, 0.25) is 0 Å². The zero-order valence-electron chi connectivity index (χ0n) is 13.9. The molecule has 1 saturated carbocycles. The Bertz CT molecular complexity index is 705. The second-order valence-electron chi connectivity index (χ2n) is 6.58. The summed E-state index contributed by atoms with van der Waals surface area (Å²) >= 11 is 0. The van der Waals surface area contributed by atoms with Gasteiger partial charge in [-0.2, -0.15) is 4.98 Å². The lowest BCUT2D eigenvalue weighted by atomic mass is 9.80. The van der Waals surface area contributed by atoms with E-state index in [0.29, 0.717) is 17.4 Å². The average Bonchev–Trinajstić information content (AvgIpc) is 3.02. The van der Waals surface area contributed by atoms with Gasteiger partial charge in [0.2, 0.25) is 0 Å². The van der Waals surface area contributed by atoms with E-state index in [1.807, 2.05) is 26.0 Å². The van der Waals surface area contributed by atoms with Gasteiger partial charge in [-0.3, -0.25) is 0 Å². The minimum absolute atomic E-state index is 0.206. The number of hydrogen-bond donors (Lipinski definition) is 3. The van der Waals surface area contributed by atoms with Crippen LogP contribution >= 0.6 is 0 Å². The van der Waals surface area contributed by atoms with Gasteiger partial charge in [0.05, 0.1) is 5.60 Å². The SMILES string of the molecule is CC(C)c1noc(-c2ccc(NC(=O)NCC3(O)CCC3)cc2)n1. The number of carbonyl (C=O) groups excluding carboxylic acids is 1. The first-order valence-electron chi connectivity index (χ1n) is 8.16. The Morgan fingerprint density at radius 2 is 2.04 bits per heavy atom. The lowest BCUT2D eigenvalue weighted by Crippen LogP contribution is -2.48. The summed E-state index contributed by atoms with van der Waals surface area (Å²) < 4.78 is 5.24. The summed E-state index contributed by atoms with van der Waals surface area (Å²) in [6.45, 7) is 4.28. The monoisotopic (exact) mass is 330 g/mol. The molecule has 3 rings (SSSR count). The van der Waals surface area contributed by atoms with Gasteiger partial charge >= 0.3 is 6.03 Å². The molecule has 7 nitrogen and oxygen atoms in total. The number of carbonyl (C=O) groups is 1. The van der Waals surface area contributed by atoms with Gasteiger partial charge in [0, 0.05) is 23.7 Å².